The first kappa shape index (κ1) is 54.1. The monoisotopic (exact) mass is 1000 g/mol. The maximum absolute atomic E-state index is 13.4. The van der Waals surface area contributed by atoms with Crippen molar-refractivity contribution in [3.63, 3.8) is 0 Å². The quantitative estimate of drug-likeness (QED) is 0.108. The summed E-state index contributed by atoms with van der Waals surface area (Å²) in [6.45, 7) is 11.4. The fourth-order valence-electron chi connectivity index (χ4n) is 8.89. The van der Waals surface area contributed by atoms with E-state index in [1.165, 1.54) is 33.7 Å². The Kier molecular flexibility index (Phi) is 16.8. The van der Waals surface area contributed by atoms with E-state index in [-0.39, 0.29) is 37.5 Å². The number of hydrogen-bond acceptors (Lipinski definition) is 10. The van der Waals surface area contributed by atoms with Crippen molar-refractivity contribution >= 4 is 24.0 Å². The van der Waals surface area contributed by atoms with Crippen molar-refractivity contribution in [3.8, 4) is 11.5 Å². The summed E-state index contributed by atoms with van der Waals surface area (Å²) < 4.78 is 23.0. The molecule has 74 heavy (non-hydrogen) atoms. The lowest BCUT2D eigenvalue weighted by Crippen LogP contribution is -2.58. The number of nitrogens with zero attached hydrogens (tertiary/aromatic N) is 4. The van der Waals surface area contributed by atoms with E-state index < -0.39 is 47.2 Å². The maximum atomic E-state index is 13.4. The molecular weight excluding hydrogens is 937 g/mol. The summed E-state index contributed by atoms with van der Waals surface area (Å²) in [6, 6.07) is 51.3. The van der Waals surface area contributed by atoms with Gasteiger partial charge in [0.2, 0.25) is 23.5 Å². The van der Waals surface area contributed by atoms with Gasteiger partial charge in [-0.15, -0.1) is 0 Å². The Balaban J connectivity index is 0.000000216. The molecule has 4 amide bonds. The zero-order valence-corrected chi connectivity index (χ0v) is 43.5. The molecule has 0 aromatic heterocycles. The Bertz CT molecular complexity index is 2610. The van der Waals surface area contributed by atoms with Crippen LogP contribution in [-0.2, 0) is 58.0 Å². The van der Waals surface area contributed by atoms with Gasteiger partial charge in [-0.25, -0.2) is 19.4 Å². The van der Waals surface area contributed by atoms with Crippen LogP contribution in [0.1, 0.15) is 74.9 Å². The number of benzene rings is 6. The molecule has 6 aromatic carbocycles. The highest BCUT2D eigenvalue weighted by molar-refractivity contribution is 5.91. The lowest BCUT2D eigenvalue weighted by Gasteiger charge is -2.39. The van der Waals surface area contributed by atoms with E-state index >= 15 is 0 Å². The van der Waals surface area contributed by atoms with Gasteiger partial charge in [0.05, 0.1) is 0 Å². The van der Waals surface area contributed by atoms with E-state index in [0.29, 0.717) is 24.7 Å². The van der Waals surface area contributed by atoms with Crippen LogP contribution in [0, 0.1) is 0 Å². The summed E-state index contributed by atoms with van der Waals surface area (Å²) in [5.74, 6) is -3.05. The van der Waals surface area contributed by atoms with E-state index in [1.54, 1.807) is 41.5 Å². The van der Waals surface area contributed by atoms with Crippen molar-refractivity contribution in [2.24, 2.45) is 0 Å². The lowest BCUT2D eigenvalue weighted by molar-refractivity contribution is -0.169. The van der Waals surface area contributed by atoms with E-state index in [0.717, 1.165) is 33.4 Å². The van der Waals surface area contributed by atoms with Crippen LogP contribution in [0.25, 0.3) is 0 Å². The highest BCUT2D eigenvalue weighted by atomic mass is 16.6. The summed E-state index contributed by atoms with van der Waals surface area (Å²) in [5, 5.41) is 23.6. The van der Waals surface area contributed by atoms with Crippen molar-refractivity contribution in [1.29, 1.82) is 0 Å². The molecule has 2 aliphatic rings. The van der Waals surface area contributed by atoms with Crippen LogP contribution < -0.4 is 9.47 Å². The largest absolute Gasteiger partial charge is 0.489 e. The van der Waals surface area contributed by atoms with Crippen LogP contribution in [0.3, 0.4) is 0 Å². The van der Waals surface area contributed by atoms with Crippen LogP contribution in [0.2, 0.25) is 0 Å². The molecule has 0 aliphatic carbocycles. The van der Waals surface area contributed by atoms with Gasteiger partial charge in [-0.1, -0.05) is 146 Å². The van der Waals surface area contributed by atoms with Gasteiger partial charge in [0.15, 0.2) is 0 Å². The molecule has 0 unspecified atom stereocenters. The van der Waals surface area contributed by atoms with E-state index in [2.05, 4.69) is 0 Å². The van der Waals surface area contributed by atoms with Crippen molar-refractivity contribution in [2.45, 2.75) is 115 Å². The molecule has 4 atom stereocenters. The zero-order valence-electron chi connectivity index (χ0n) is 43.5. The summed E-state index contributed by atoms with van der Waals surface area (Å²) in [6.07, 6.45) is -0.930. The second kappa shape index (κ2) is 23.0. The molecule has 14 nitrogen and oxygen atoms in total. The molecular formula is C60H68N4O10. The third-order valence-corrected chi connectivity index (χ3v) is 12.7. The van der Waals surface area contributed by atoms with Gasteiger partial charge in [0, 0.05) is 39.8 Å². The molecule has 388 valence electrons. The van der Waals surface area contributed by atoms with E-state index in [4.69, 9.17) is 18.9 Å². The number of amides is 4. The van der Waals surface area contributed by atoms with Crippen LogP contribution in [0.5, 0.6) is 11.5 Å². The predicted molar refractivity (Wildman–Crippen MR) is 281 cm³/mol. The Morgan fingerprint density at radius 2 is 0.730 bits per heavy atom. The smallest absolute Gasteiger partial charge is 0.414 e. The Labute approximate surface area is 434 Å². The summed E-state index contributed by atoms with van der Waals surface area (Å²) in [7, 11) is 3.03. The molecule has 2 saturated heterocycles. The molecule has 6 aromatic rings. The second-order valence-corrected chi connectivity index (χ2v) is 20.6. The van der Waals surface area contributed by atoms with Gasteiger partial charge in [-0.3, -0.25) is 19.4 Å². The highest BCUT2D eigenvalue weighted by Gasteiger charge is 2.59. The second-order valence-electron chi connectivity index (χ2n) is 20.6. The Hall–Kier alpha value is -7.68. The minimum atomic E-state index is -1.87. The third kappa shape index (κ3) is 13.5. The third-order valence-electron chi connectivity index (χ3n) is 12.7. The Morgan fingerprint density at radius 3 is 1.01 bits per heavy atom. The molecule has 14 heteroatoms. The van der Waals surface area contributed by atoms with Gasteiger partial charge in [-0.05, 0) is 99.2 Å². The summed E-state index contributed by atoms with van der Waals surface area (Å²) in [5.41, 5.74) is 3.79. The normalized spacial score (nSPS) is 19.7. The molecule has 2 N–H and O–H groups in total. The molecule has 0 spiro atoms. The molecule has 2 heterocycles. The van der Waals surface area contributed by atoms with Crippen molar-refractivity contribution in [1.82, 2.24) is 19.6 Å². The molecule has 2 fully saturated rings. The van der Waals surface area contributed by atoms with Gasteiger partial charge in [-0.2, -0.15) is 0 Å². The van der Waals surface area contributed by atoms with Gasteiger partial charge in [0.1, 0.15) is 48.0 Å². The molecule has 8 rings (SSSR count). The van der Waals surface area contributed by atoms with Crippen molar-refractivity contribution < 1.29 is 48.3 Å². The SMILES string of the molecule is CN1C(=O)[C@H](Cc2ccc(OCc3ccccc3)cc2)N(C(=O)OC(C)(C)C)[C@@]1(O)Cc1ccccc1.CN1C(=O)[C@H](Cc2ccc(OCc3ccccc3)cc2)N(C(=O)OC(C)(C)C)[C@@]1(O)Cc1ccccc1. The van der Waals surface area contributed by atoms with Crippen LogP contribution in [0.4, 0.5) is 9.59 Å². The summed E-state index contributed by atoms with van der Waals surface area (Å²) >= 11 is 0. The summed E-state index contributed by atoms with van der Waals surface area (Å²) in [4.78, 5) is 58.4. The van der Waals surface area contributed by atoms with E-state index in [9.17, 15) is 29.4 Å². The van der Waals surface area contributed by atoms with Crippen molar-refractivity contribution in [3.05, 3.63) is 203 Å². The van der Waals surface area contributed by atoms with Crippen LogP contribution in [-0.4, -0.2) is 103 Å². The van der Waals surface area contributed by atoms with Crippen LogP contribution in [0.15, 0.2) is 170 Å². The number of likely N-dealkylation sites (N-methyl/N-ethyl adjacent to an activating group) is 2. The van der Waals surface area contributed by atoms with Gasteiger partial charge < -0.3 is 29.2 Å². The number of carbonyl (C=O) groups is 4. The average molecular weight is 1010 g/mol. The van der Waals surface area contributed by atoms with E-state index in [1.807, 2.05) is 170 Å². The number of rotatable bonds is 14. The number of ether oxygens (including phenoxy) is 4. The highest BCUT2D eigenvalue weighted by Crippen LogP contribution is 2.37. The first-order chi connectivity index (χ1) is 35.1. The Morgan fingerprint density at radius 1 is 0.446 bits per heavy atom. The fraction of sp³-hybridized carbons (Fsp3) is 0.333. The molecule has 0 bridgehead atoms. The first-order valence-electron chi connectivity index (χ1n) is 24.8. The lowest BCUT2D eigenvalue weighted by atomic mass is 10.0. The molecule has 0 radical (unpaired) electrons. The van der Waals surface area contributed by atoms with Gasteiger partial charge in [0.25, 0.3) is 0 Å². The first-order valence-corrected chi connectivity index (χ1v) is 24.8. The van der Waals surface area contributed by atoms with Crippen molar-refractivity contribution in [2.75, 3.05) is 14.1 Å². The van der Waals surface area contributed by atoms with Gasteiger partial charge >= 0.3 is 12.2 Å². The number of aliphatic hydroxyl groups is 2. The minimum absolute atomic E-state index is 0.0537. The molecule has 0 saturated carbocycles. The predicted octanol–water partition coefficient (Wildman–Crippen LogP) is 9.55. The number of hydrogen-bond donors (Lipinski definition) is 2. The van der Waals surface area contributed by atoms with Crippen LogP contribution >= 0.6 is 0 Å². The topological polar surface area (TPSA) is 159 Å². The maximum Gasteiger partial charge on any atom is 0.414 e. The zero-order chi connectivity index (χ0) is 53.3. The minimum Gasteiger partial charge on any atom is -0.489 e. The average Bonchev–Trinajstić information content (AvgIpc) is 3.66. The molecule has 2 aliphatic heterocycles. The number of carbonyl (C=O) groups excluding carboxylic acids is 4. The fourth-order valence-corrected chi connectivity index (χ4v) is 8.89. The standard InChI is InChI=1S/2C30H34N2O5/c2*1-29(2,3)37-28(34)32-26(27(33)31(4)30(32,35)20-23-11-7-5-8-12-23)19-22-15-17-25(18-16-22)36-21-24-13-9-6-10-14-24/h2*5-18,26,35H,19-21H2,1-4H3/t2*26-,30+/m00/s1.